The molecule has 0 aromatic rings. The summed E-state index contributed by atoms with van der Waals surface area (Å²) >= 11 is 0. The van der Waals surface area contributed by atoms with Crippen LogP contribution in [0, 0.1) is 5.92 Å². The van der Waals surface area contributed by atoms with Gasteiger partial charge in [0.25, 0.3) is 0 Å². The molecule has 2 nitrogen and oxygen atoms in total. The number of nitrogens with zero attached hydrogens (tertiary/aromatic N) is 1. The lowest BCUT2D eigenvalue weighted by Crippen LogP contribution is -2.49. The summed E-state index contributed by atoms with van der Waals surface area (Å²) < 4.78 is 0. The van der Waals surface area contributed by atoms with E-state index in [1.165, 1.54) is 96.7 Å². The van der Waals surface area contributed by atoms with Crippen molar-refractivity contribution < 1.29 is 0 Å². The quantitative estimate of drug-likeness (QED) is 0.783. The highest BCUT2D eigenvalue weighted by Gasteiger charge is 2.32. The monoisotopic (exact) mass is 278 g/mol. The van der Waals surface area contributed by atoms with Crippen LogP contribution in [-0.2, 0) is 0 Å². The zero-order chi connectivity index (χ0) is 13.6. The van der Waals surface area contributed by atoms with Gasteiger partial charge in [-0.25, -0.2) is 0 Å². The fourth-order valence-electron chi connectivity index (χ4n) is 4.90. The molecule has 0 spiro atoms. The highest BCUT2D eigenvalue weighted by Crippen LogP contribution is 2.34. The SMILES string of the molecule is C1CCCC(NCCN2CCC[C@H]3CCCC[C@H]32)CC1. The fourth-order valence-corrected chi connectivity index (χ4v) is 4.90. The maximum absolute atomic E-state index is 3.86. The normalized spacial score (nSPS) is 33.6. The van der Waals surface area contributed by atoms with Gasteiger partial charge in [-0.1, -0.05) is 38.5 Å². The van der Waals surface area contributed by atoms with Gasteiger partial charge in [-0.15, -0.1) is 0 Å². The Balaban J connectivity index is 1.40. The zero-order valence-electron chi connectivity index (χ0n) is 13.3. The molecule has 1 saturated heterocycles. The van der Waals surface area contributed by atoms with E-state index >= 15 is 0 Å². The van der Waals surface area contributed by atoms with Crippen LogP contribution in [0.25, 0.3) is 0 Å². The zero-order valence-corrected chi connectivity index (χ0v) is 13.3. The fraction of sp³-hybridized carbons (Fsp3) is 1.00. The van der Waals surface area contributed by atoms with E-state index in [9.17, 15) is 0 Å². The molecule has 2 aliphatic carbocycles. The molecule has 3 aliphatic rings. The molecule has 3 rings (SSSR count). The van der Waals surface area contributed by atoms with E-state index in [1.54, 1.807) is 0 Å². The van der Waals surface area contributed by atoms with Crippen molar-refractivity contribution in [3.8, 4) is 0 Å². The lowest BCUT2D eigenvalue weighted by atomic mass is 9.78. The lowest BCUT2D eigenvalue weighted by molar-refractivity contribution is 0.0611. The second kappa shape index (κ2) is 7.79. The van der Waals surface area contributed by atoms with Crippen LogP contribution in [0.4, 0.5) is 0 Å². The molecule has 0 amide bonds. The van der Waals surface area contributed by atoms with Gasteiger partial charge in [0.2, 0.25) is 0 Å². The third-order valence-corrected chi connectivity index (χ3v) is 6.05. The van der Waals surface area contributed by atoms with Crippen LogP contribution in [0.3, 0.4) is 0 Å². The number of hydrogen-bond acceptors (Lipinski definition) is 2. The highest BCUT2D eigenvalue weighted by molar-refractivity contribution is 4.87. The summed E-state index contributed by atoms with van der Waals surface area (Å²) in [7, 11) is 0. The Kier molecular flexibility index (Phi) is 5.78. The lowest BCUT2D eigenvalue weighted by Gasteiger charge is -2.44. The third-order valence-electron chi connectivity index (χ3n) is 6.05. The first-order chi connectivity index (χ1) is 9.93. The molecule has 0 radical (unpaired) electrons. The number of likely N-dealkylation sites (tertiary alicyclic amines) is 1. The van der Waals surface area contributed by atoms with Gasteiger partial charge < -0.3 is 5.32 Å². The molecule has 116 valence electrons. The van der Waals surface area contributed by atoms with Crippen molar-refractivity contribution in [3.63, 3.8) is 0 Å². The van der Waals surface area contributed by atoms with Crippen molar-refractivity contribution in [2.75, 3.05) is 19.6 Å². The van der Waals surface area contributed by atoms with Crippen molar-refractivity contribution in [3.05, 3.63) is 0 Å². The Morgan fingerprint density at radius 1 is 0.750 bits per heavy atom. The van der Waals surface area contributed by atoms with Crippen LogP contribution in [-0.4, -0.2) is 36.6 Å². The van der Waals surface area contributed by atoms with E-state index in [4.69, 9.17) is 0 Å². The minimum absolute atomic E-state index is 0.824. The molecule has 0 aromatic heterocycles. The van der Waals surface area contributed by atoms with Crippen LogP contribution in [0.2, 0.25) is 0 Å². The molecule has 3 fully saturated rings. The van der Waals surface area contributed by atoms with Gasteiger partial charge in [-0.3, -0.25) is 4.90 Å². The standard InChI is InChI=1S/C18H34N2/c1-2-4-11-17(10-3-1)19-13-15-20-14-7-9-16-8-5-6-12-18(16)20/h16-19H,1-15H2/t16-,18-/m1/s1. The number of fused-ring (bicyclic) bond motifs is 1. The van der Waals surface area contributed by atoms with Crippen molar-refractivity contribution in [2.24, 2.45) is 5.92 Å². The second-order valence-electron chi connectivity index (χ2n) is 7.43. The molecular formula is C18H34N2. The van der Waals surface area contributed by atoms with Crippen LogP contribution in [0.5, 0.6) is 0 Å². The largest absolute Gasteiger partial charge is 0.313 e. The Morgan fingerprint density at radius 2 is 1.45 bits per heavy atom. The van der Waals surface area contributed by atoms with Gasteiger partial charge in [0.05, 0.1) is 0 Å². The van der Waals surface area contributed by atoms with Crippen LogP contribution in [0.1, 0.15) is 77.0 Å². The molecule has 1 N–H and O–H groups in total. The molecule has 1 heterocycles. The van der Waals surface area contributed by atoms with Gasteiger partial charge >= 0.3 is 0 Å². The van der Waals surface area contributed by atoms with E-state index in [2.05, 4.69) is 10.2 Å². The van der Waals surface area contributed by atoms with Crippen molar-refractivity contribution in [2.45, 2.75) is 89.1 Å². The van der Waals surface area contributed by atoms with Gasteiger partial charge in [-0.05, 0) is 51.0 Å². The molecular weight excluding hydrogens is 244 g/mol. The maximum Gasteiger partial charge on any atom is 0.0124 e. The summed E-state index contributed by atoms with van der Waals surface area (Å²) in [5.41, 5.74) is 0. The summed E-state index contributed by atoms with van der Waals surface area (Å²) in [5, 5.41) is 3.86. The topological polar surface area (TPSA) is 15.3 Å². The summed E-state index contributed by atoms with van der Waals surface area (Å²) in [6.07, 6.45) is 17.6. The number of piperidine rings is 1. The number of rotatable bonds is 4. The highest BCUT2D eigenvalue weighted by atomic mass is 15.2. The first kappa shape index (κ1) is 14.8. The van der Waals surface area contributed by atoms with E-state index in [-0.39, 0.29) is 0 Å². The average molecular weight is 278 g/mol. The molecule has 1 aliphatic heterocycles. The molecule has 2 heteroatoms. The smallest absolute Gasteiger partial charge is 0.0124 e. The maximum atomic E-state index is 3.86. The Morgan fingerprint density at radius 3 is 2.30 bits per heavy atom. The summed E-state index contributed by atoms with van der Waals surface area (Å²) in [6, 6.07) is 1.76. The van der Waals surface area contributed by atoms with Crippen LogP contribution < -0.4 is 5.32 Å². The Bertz CT molecular complexity index is 269. The van der Waals surface area contributed by atoms with Gasteiger partial charge in [-0.2, -0.15) is 0 Å². The van der Waals surface area contributed by atoms with Crippen molar-refractivity contribution >= 4 is 0 Å². The average Bonchev–Trinajstić information content (AvgIpc) is 2.76. The van der Waals surface area contributed by atoms with Gasteiger partial charge in [0, 0.05) is 25.2 Å². The molecule has 20 heavy (non-hydrogen) atoms. The minimum Gasteiger partial charge on any atom is -0.313 e. The van der Waals surface area contributed by atoms with E-state index in [1.807, 2.05) is 0 Å². The molecule has 0 unspecified atom stereocenters. The van der Waals surface area contributed by atoms with Gasteiger partial charge in [0.1, 0.15) is 0 Å². The van der Waals surface area contributed by atoms with Crippen molar-refractivity contribution in [1.82, 2.24) is 10.2 Å². The summed E-state index contributed by atoms with van der Waals surface area (Å²) in [4.78, 5) is 2.83. The molecule has 0 aromatic carbocycles. The van der Waals surface area contributed by atoms with Crippen molar-refractivity contribution in [1.29, 1.82) is 0 Å². The first-order valence-corrected chi connectivity index (χ1v) is 9.41. The summed E-state index contributed by atoms with van der Waals surface area (Å²) in [5.74, 6) is 1.04. The predicted octanol–water partition coefficient (Wildman–Crippen LogP) is 3.95. The molecule has 2 saturated carbocycles. The number of hydrogen-bond donors (Lipinski definition) is 1. The third kappa shape index (κ3) is 3.98. The van der Waals surface area contributed by atoms with E-state index < -0.39 is 0 Å². The Labute approximate surface area is 125 Å². The minimum atomic E-state index is 0.824. The Hall–Kier alpha value is -0.0800. The van der Waals surface area contributed by atoms with E-state index in [0.717, 1.165) is 18.0 Å². The van der Waals surface area contributed by atoms with Crippen LogP contribution >= 0.6 is 0 Å². The summed E-state index contributed by atoms with van der Waals surface area (Å²) in [6.45, 7) is 3.90. The van der Waals surface area contributed by atoms with Crippen LogP contribution in [0.15, 0.2) is 0 Å². The predicted molar refractivity (Wildman–Crippen MR) is 86.0 cm³/mol. The second-order valence-corrected chi connectivity index (χ2v) is 7.43. The first-order valence-electron chi connectivity index (χ1n) is 9.41. The van der Waals surface area contributed by atoms with Gasteiger partial charge in [0.15, 0.2) is 0 Å². The van der Waals surface area contributed by atoms with E-state index in [0.29, 0.717) is 0 Å². The molecule has 0 bridgehead atoms. The molecule has 2 atom stereocenters. The number of nitrogens with one attached hydrogen (secondary N) is 1.